The van der Waals surface area contributed by atoms with Gasteiger partial charge in [-0.05, 0) is 53.9 Å². The van der Waals surface area contributed by atoms with E-state index in [1.807, 2.05) is 12.1 Å². The van der Waals surface area contributed by atoms with E-state index in [-0.39, 0.29) is 17.5 Å². The summed E-state index contributed by atoms with van der Waals surface area (Å²) in [6.07, 6.45) is 12.9. The number of rotatable bonds is 12. The van der Waals surface area contributed by atoms with Crippen molar-refractivity contribution in [1.29, 1.82) is 0 Å². The van der Waals surface area contributed by atoms with Crippen molar-refractivity contribution in [2.24, 2.45) is 11.8 Å². The van der Waals surface area contributed by atoms with Crippen LogP contribution >= 0.6 is 0 Å². The Morgan fingerprint density at radius 1 is 0.781 bits per heavy atom. The van der Waals surface area contributed by atoms with Crippen LogP contribution < -0.4 is 0 Å². The second-order valence-corrected chi connectivity index (χ2v) is 9.63. The largest absolute Gasteiger partial charge is 0.299 e. The number of hydrogen-bond acceptors (Lipinski definition) is 2. The molecular weight excluding hydrogens is 392 g/mol. The van der Waals surface area contributed by atoms with Gasteiger partial charge in [0.25, 0.3) is 0 Å². The lowest BCUT2D eigenvalue weighted by molar-refractivity contribution is -0.135. The molecule has 0 bridgehead atoms. The van der Waals surface area contributed by atoms with Crippen LogP contribution in [0.2, 0.25) is 0 Å². The number of hydrogen-bond donors (Lipinski definition) is 0. The summed E-state index contributed by atoms with van der Waals surface area (Å²) in [6, 6.07) is 17.2. The van der Waals surface area contributed by atoms with Crippen LogP contribution in [0.3, 0.4) is 0 Å². The number of ketones is 2. The van der Waals surface area contributed by atoms with Crippen molar-refractivity contribution in [3.8, 4) is 11.1 Å². The van der Waals surface area contributed by atoms with E-state index in [9.17, 15) is 9.59 Å². The quantitative estimate of drug-likeness (QED) is 0.254. The van der Waals surface area contributed by atoms with E-state index < -0.39 is 0 Å². The third-order valence-corrected chi connectivity index (χ3v) is 7.15. The molecular formula is C30H40O2. The van der Waals surface area contributed by atoms with Crippen molar-refractivity contribution >= 4 is 11.6 Å². The number of benzene rings is 2. The second-order valence-electron chi connectivity index (χ2n) is 9.63. The standard InChI is InChI=1S/C30H40O2/c1-3-5-6-7-8-9-10-24-11-16-26(17-12-24)27-18-13-25(14-19-27)22-30(32)28-20-15-23(4-2)21-29(28)31/h11-14,16-19,23,28H,3-10,15,20-22H2,1-2H3. The van der Waals surface area contributed by atoms with Crippen molar-refractivity contribution in [3.05, 3.63) is 59.7 Å². The van der Waals surface area contributed by atoms with Gasteiger partial charge >= 0.3 is 0 Å². The average Bonchev–Trinajstić information content (AvgIpc) is 2.82. The van der Waals surface area contributed by atoms with Crippen LogP contribution in [0.1, 0.15) is 89.2 Å². The summed E-state index contributed by atoms with van der Waals surface area (Å²) < 4.78 is 0. The molecule has 2 atom stereocenters. The zero-order chi connectivity index (χ0) is 22.8. The average molecular weight is 433 g/mol. The highest BCUT2D eigenvalue weighted by molar-refractivity contribution is 6.03. The molecule has 1 aliphatic rings. The minimum absolute atomic E-state index is 0.0938. The lowest BCUT2D eigenvalue weighted by atomic mass is 9.77. The Hall–Kier alpha value is -2.22. The lowest BCUT2D eigenvalue weighted by Crippen LogP contribution is -2.31. The number of carbonyl (C=O) groups is 2. The fraction of sp³-hybridized carbons (Fsp3) is 0.533. The summed E-state index contributed by atoms with van der Waals surface area (Å²) in [5.74, 6) is 0.349. The van der Waals surface area contributed by atoms with Crippen LogP contribution in [0.5, 0.6) is 0 Å². The van der Waals surface area contributed by atoms with Crippen molar-refractivity contribution in [3.63, 3.8) is 0 Å². The predicted octanol–water partition coefficient (Wildman–Crippen LogP) is 7.76. The van der Waals surface area contributed by atoms with Crippen LogP contribution in [0.15, 0.2) is 48.5 Å². The Morgan fingerprint density at radius 2 is 1.38 bits per heavy atom. The Balaban J connectivity index is 1.48. The molecule has 3 rings (SSSR count). The molecule has 0 aliphatic heterocycles. The molecule has 2 nitrogen and oxygen atoms in total. The summed E-state index contributed by atoms with van der Waals surface area (Å²) in [4.78, 5) is 25.1. The molecule has 32 heavy (non-hydrogen) atoms. The molecule has 2 heteroatoms. The van der Waals surface area contributed by atoms with Gasteiger partial charge in [0.1, 0.15) is 11.6 Å². The molecule has 0 N–H and O–H groups in total. The van der Waals surface area contributed by atoms with Crippen LogP contribution in [0, 0.1) is 11.8 Å². The summed E-state index contributed by atoms with van der Waals surface area (Å²) in [6.45, 7) is 4.39. The molecule has 0 saturated heterocycles. The van der Waals surface area contributed by atoms with Gasteiger partial charge in [0.2, 0.25) is 0 Å². The molecule has 2 aromatic rings. The van der Waals surface area contributed by atoms with Crippen molar-refractivity contribution in [2.75, 3.05) is 0 Å². The van der Waals surface area contributed by atoms with E-state index in [1.54, 1.807) is 0 Å². The summed E-state index contributed by atoms with van der Waals surface area (Å²) in [7, 11) is 0. The van der Waals surface area contributed by atoms with Crippen LogP contribution in [-0.4, -0.2) is 11.6 Å². The van der Waals surface area contributed by atoms with E-state index in [2.05, 4.69) is 50.2 Å². The Labute approximate surface area is 194 Å². The minimum atomic E-state index is -0.378. The zero-order valence-corrected chi connectivity index (χ0v) is 20.1. The molecule has 0 aromatic heterocycles. The maximum atomic E-state index is 12.7. The molecule has 2 unspecified atom stereocenters. The fourth-order valence-electron chi connectivity index (χ4n) is 4.89. The van der Waals surface area contributed by atoms with Gasteiger partial charge in [0.05, 0.1) is 5.92 Å². The van der Waals surface area contributed by atoms with Gasteiger partial charge < -0.3 is 0 Å². The van der Waals surface area contributed by atoms with E-state index in [1.165, 1.54) is 55.2 Å². The fourth-order valence-corrected chi connectivity index (χ4v) is 4.89. The summed E-state index contributed by atoms with van der Waals surface area (Å²) in [5.41, 5.74) is 4.80. The maximum absolute atomic E-state index is 12.7. The second kappa shape index (κ2) is 12.7. The van der Waals surface area contributed by atoms with Crippen molar-refractivity contribution in [1.82, 2.24) is 0 Å². The van der Waals surface area contributed by atoms with Crippen molar-refractivity contribution < 1.29 is 9.59 Å². The Bertz CT molecular complexity index is 847. The smallest absolute Gasteiger partial charge is 0.147 e. The number of aryl methyl sites for hydroxylation is 1. The van der Waals surface area contributed by atoms with Crippen LogP contribution in [0.4, 0.5) is 0 Å². The van der Waals surface area contributed by atoms with Gasteiger partial charge in [-0.2, -0.15) is 0 Å². The molecule has 1 fully saturated rings. The van der Waals surface area contributed by atoms with Gasteiger partial charge in [-0.3, -0.25) is 9.59 Å². The first-order valence-electron chi connectivity index (χ1n) is 12.8. The molecule has 172 valence electrons. The number of Topliss-reactive ketones (excluding diaryl/α,β-unsaturated/α-hetero) is 2. The van der Waals surface area contributed by atoms with Crippen LogP contribution in [0.25, 0.3) is 11.1 Å². The van der Waals surface area contributed by atoms with Gasteiger partial charge in [-0.15, -0.1) is 0 Å². The monoisotopic (exact) mass is 432 g/mol. The molecule has 1 saturated carbocycles. The summed E-state index contributed by atoms with van der Waals surface area (Å²) >= 11 is 0. The third-order valence-electron chi connectivity index (χ3n) is 7.15. The highest BCUT2D eigenvalue weighted by Gasteiger charge is 2.32. The van der Waals surface area contributed by atoms with Gasteiger partial charge in [0.15, 0.2) is 0 Å². The first kappa shape index (κ1) is 24.4. The van der Waals surface area contributed by atoms with Gasteiger partial charge in [0, 0.05) is 12.8 Å². The minimum Gasteiger partial charge on any atom is -0.299 e. The Morgan fingerprint density at radius 3 is 1.97 bits per heavy atom. The molecule has 1 aliphatic carbocycles. The molecule has 0 heterocycles. The topological polar surface area (TPSA) is 34.1 Å². The molecule has 2 aromatic carbocycles. The first-order chi connectivity index (χ1) is 15.6. The molecule has 0 radical (unpaired) electrons. The first-order valence-corrected chi connectivity index (χ1v) is 12.8. The number of unbranched alkanes of at least 4 members (excludes halogenated alkanes) is 5. The SMILES string of the molecule is CCCCCCCCc1ccc(-c2ccc(CC(=O)C3CCC(CC)CC3=O)cc2)cc1. The van der Waals surface area contributed by atoms with Crippen molar-refractivity contribution in [2.45, 2.75) is 90.9 Å². The summed E-state index contributed by atoms with van der Waals surface area (Å²) in [5, 5.41) is 0. The van der Waals surface area contributed by atoms with E-state index in [0.717, 1.165) is 31.2 Å². The Kier molecular flexibility index (Phi) is 9.71. The third kappa shape index (κ3) is 7.15. The van der Waals surface area contributed by atoms with E-state index in [4.69, 9.17) is 0 Å². The lowest BCUT2D eigenvalue weighted by Gasteiger charge is -2.25. The highest BCUT2D eigenvalue weighted by Crippen LogP contribution is 2.29. The highest BCUT2D eigenvalue weighted by atomic mass is 16.1. The molecule has 0 spiro atoms. The normalized spacial score (nSPS) is 18.6. The van der Waals surface area contributed by atoms with E-state index in [0.29, 0.717) is 18.8 Å². The van der Waals surface area contributed by atoms with Crippen LogP contribution in [-0.2, 0) is 22.4 Å². The van der Waals surface area contributed by atoms with Gasteiger partial charge in [-0.25, -0.2) is 0 Å². The predicted molar refractivity (Wildman–Crippen MR) is 134 cm³/mol. The molecule has 0 amide bonds. The van der Waals surface area contributed by atoms with E-state index >= 15 is 0 Å². The maximum Gasteiger partial charge on any atom is 0.147 e. The zero-order valence-electron chi connectivity index (χ0n) is 20.1. The van der Waals surface area contributed by atoms with Gasteiger partial charge in [-0.1, -0.05) is 101 Å². The number of carbonyl (C=O) groups excluding carboxylic acids is 2.